The van der Waals surface area contributed by atoms with E-state index in [4.69, 9.17) is 17.3 Å². The van der Waals surface area contributed by atoms with Crippen LogP contribution < -0.4 is 11.1 Å². The number of aromatic nitrogens is 3. The highest BCUT2D eigenvalue weighted by atomic mass is 35.5. The van der Waals surface area contributed by atoms with Gasteiger partial charge in [0, 0.05) is 25.2 Å². The standard InChI is InChI=1S/C17H17ClF3N5S/c1-26-14(9-23-25-26)12-7-15(27-16(12)18)24-11(8-22)6-10-4-2-3-5-13(10)17(19,20)21/h2-5,7,9,11,24H,6,8,22H2,1H3/t11-/m0/s1. The molecule has 0 unspecified atom stereocenters. The molecule has 0 fully saturated rings. The van der Waals surface area contributed by atoms with E-state index in [0.29, 0.717) is 4.34 Å². The van der Waals surface area contributed by atoms with Crippen molar-refractivity contribution >= 4 is 27.9 Å². The predicted molar refractivity (Wildman–Crippen MR) is 101 cm³/mol. The smallest absolute Gasteiger partial charge is 0.373 e. The Morgan fingerprint density at radius 2 is 2.07 bits per heavy atom. The molecule has 2 heterocycles. The lowest BCUT2D eigenvalue weighted by molar-refractivity contribution is -0.138. The van der Waals surface area contributed by atoms with Crippen molar-refractivity contribution in [3.8, 4) is 11.3 Å². The van der Waals surface area contributed by atoms with E-state index in [0.717, 1.165) is 22.3 Å². The third-order valence-electron chi connectivity index (χ3n) is 4.10. The molecule has 0 bridgehead atoms. The van der Waals surface area contributed by atoms with Crippen LogP contribution in [0.3, 0.4) is 0 Å². The number of nitrogens with two attached hydrogens (primary N) is 1. The summed E-state index contributed by atoms with van der Waals surface area (Å²) in [6.45, 7) is 0.171. The van der Waals surface area contributed by atoms with E-state index in [1.807, 2.05) is 6.07 Å². The fourth-order valence-electron chi connectivity index (χ4n) is 2.78. The molecule has 0 spiro atoms. The monoisotopic (exact) mass is 415 g/mol. The van der Waals surface area contributed by atoms with Crippen molar-refractivity contribution < 1.29 is 13.2 Å². The van der Waals surface area contributed by atoms with Crippen molar-refractivity contribution in [2.24, 2.45) is 12.8 Å². The summed E-state index contributed by atoms with van der Waals surface area (Å²) in [5.74, 6) is 0. The summed E-state index contributed by atoms with van der Waals surface area (Å²) < 4.78 is 41.7. The van der Waals surface area contributed by atoms with Gasteiger partial charge in [0.15, 0.2) is 0 Å². The average Bonchev–Trinajstić information content (AvgIpc) is 3.18. The van der Waals surface area contributed by atoms with Crippen LogP contribution in [0.2, 0.25) is 4.34 Å². The lowest BCUT2D eigenvalue weighted by atomic mass is 10.00. The second kappa shape index (κ2) is 7.87. The molecule has 0 radical (unpaired) electrons. The van der Waals surface area contributed by atoms with Crippen molar-refractivity contribution in [1.82, 2.24) is 15.0 Å². The molecular weight excluding hydrogens is 399 g/mol. The van der Waals surface area contributed by atoms with Crippen LogP contribution in [-0.4, -0.2) is 27.6 Å². The molecule has 2 aromatic heterocycles. The minimum Gasteiger partial charge on any atom is -0.373 e. The number of benzene rings is 1. The van der Waals surface area contributed by atoms with Crippen molar-refractivity contribution in [1.29, 1.82) is 0 Å². The number of halogens is 4. The van der Waals surface area contributed by atoms with Crippen molar-refractivity contribution in [2.75, 3.05) is 11.9 Å². The molecule has 1 atom stereocenters. The Morgan fingerprint density at radius 1 is 1.33 bits per heavy atom. The zero-order valence-electron chi connectivity index (χ0n) is 14.3. The molecule has 144 valence electrons. The minimum atomic E-state index is -4.40. The zero-order chi connectivity index (χ0) is 19.6. The molecule has 27 heavy (non-hydrogen) atoms. The van der Waals surface area contributed by atoms with Crippen LogP contribution in [-0.2, 0) is 19.6 Å². The van der Waals surface area contributed by atoms with Crippen molar-refractivity contribution in [3.05, 3.63) is 52.0 Å². The van der Waals surface area contributed by atoms with Gasteiger partial charge < -0.3 is 11.1 Å². The van der Waals surface area contributed by atoms with E-state index < -0.39 is 11.7 Å². The molecule has 1 aromatic carbocycles. The molecule has 0 aliphatic carbocycles. The van der Waals surface area contributed by atoms with Gasteiger partial charge in [0.2, 0.25) is 0 Å². The van der Waals surface area contributed by atoms with Crippen LogP contribution in [0.5, 0.6) is 0 Å². The first kappa shape index (κ1) is 19.7. The van der Waals surface area contributed by atoms with Crippen LogP contribution in [0.4, 0.5) is 18.2 Å². The molecule has 0 aliphatic heterocycles. The van der Waals surface area contributed by atoms with Crippen molar-refractivity contribution in [3.63, 3.8) is 0 Å². The Bertz CT molecular complexity index is 921. The van der Waals surface area contributed by atoms with E-state index in [1.54, 1.807) is 24.0 Å². The topological polar surface area (TPSA) is 68.8 Å². The minimum absolute atomic E-state index is 0.143. The normalized spacial score (nSPS) is 13.0. The number of hydrogen-bond donors (Lipinski definition) is 2. The summed E-state index contributed by atoms with van der Waals surface area (Å²) in [5, 5.41) is 11.6. The van der Waals surface area contributed by atoms with Gasteiger partial charge in [0.1, 0.15) is 4.34 Å². The van der Waals surface area contributed by atoms with Gasteiger partial charge in [0.05, 0.1) is 22.5 Å². The number of rotatable bonds is 6. The Kier molecular flexibility index (Phi) is 5.73. The highest BCUT2D eigenvalue weighted by Crippen LogP contribution is 2.38. The summed E-state index contributed by atoms with van der Waals surface area (Å²) in [4.78, 5) is 0. The molecule has 3 rings (SSSR count). The number of nitrogens with one attached hydrogen (secondary N) is 1. The fourth-order valence-corrected chi connectivity index (χ4v) is 4.05. The summed E-state index contributed by atoms with van der Waals surface area (Å²) in [7, 11) is 1.75. The molecule has 3 N–H and O–H groups in total. The SMILES string of the molecule is Cn1nncc1-c1cc(N[C@H](CN)Cc2ccccc2C(F)(F)F)sc1Cl. The van der Waals surface area contributed by atoms with E-state index in [9.17, 15) is 13.2 Å². The van der Waals surface area contributed by atoms with Gasteiger partial charge in [-0.25, -0.2) is 4.68 Å². The third kappa shape index (κ3) is 4.42. The van der Waals surface area contributed by atoms with Crippen LogP contribution in [0, 0.1) is 0 Å². The average molecular weight is 416 g/mol. The molecule has 0 aliphatic rings. The largest absolute Gasteiger partial charge is 0.416 e. The molecular formula is C17H17ClF3N5S. The lowest BCUT2D eigenvalue weighted by Gasteiger charge is -2.19. The Balaban J connectivity index is 1.80. The first-order chi connectivity index (χ1) is 12.8. The van der Waals surface area contributed by atoms with Crippen LogP contribution in [0.15, 0.2) is 36.5 Å². The van der Waals surface area contributed by atoms with E-state index in [2.05, 4.69) is 15.6 Å². The predicted octanol–water partition coefficient (Wildman–Crippen LogP) is 4.20. The third-order valence-corrected chi connectivity index (χ3v) is 5.39. The van der Waals surface area contributed by atoms with Crippen LogP contribution >= 0.6 is 22.9 Å². The van der Waals surface area contributed by atoms with Crippen molar-refractivity contribution in [2.45, 2.75) is 18.6 Å². The first-order valence-electron chi connectivity index (χ1n) is 8.05. The molecule has 0 amide bonds. The van der Waals surface area contributed by atoms with Gasteiger partial charge in [-0.3, -0.25) is 0 Å². The van der Waals surface area contributed by atoms with Gasteiger partial charge in [-0.1, -0.05) is 35.0 Å². The van der Waals surface area contributed by atoms with Gasteiger partial charge >= 0.3 is 6.18 Å². The summed E-state index contributed by atoms with van der Waals surface area (Å²) in [6.07, 6.45) is -2.66. The summed E-state index contributed by atoms with van der Waals surface area (Å²) in [5.41, 5.74) is 6.85. The van der Waals surface area contributed by atoms with E-state index in [-0.39, 0.29) is 24.6 Å². The van der Waals surface area contributed by atoms with Gasteiger partial charge in [-0.2, -0.15) is 13.2 Å². The zero-order valence-corrected chi connectivity index (χ0v) is 15.9. The maximum absolute atomic E-state index is 13.2. The summed E-state index contributed by atoms with van der Waals surface area (Å²) >= 11 is 7.60. The van der Waals surface area contributed by atoms with Crippen LogP contribution in [0.1, 0.15) is 11.1 Å². The fraction of sp³-hybridized carbons (Fsp3) is 0.294. The van der Waals surface area contributed by atoms with Crippen LogP contribution in [0.25, 0.3) is 11.3 Å². The first-order valence-corrected chi connectivity index (χ1v) is 9.25. The maximum atomic E-state index is 13.2. The number of alkyl halides is 3. The van der Waals surface area contributed by atoms with Gasteiger partial charge in [-0.05, 0) is 24.1 Å². The quantitative estimate of drug-likeness (QED) is 0.633. The molecule has 10 heteroatoms. The Hall–Kier alpha value is -2.10. The molecule has 0 saturated carbocycles. The number of nitrogens with zero attached hydrogens (tertiary/aromatic N) is 3. The summed E-state index contributed by atoms with van der Waals surface area (Å²) in [6, 6.07) is 6.97. The highest BCUT2D eigenvalue weighted by Gasteiger charge is 2.33. The Morgan fingerprint density at radius 3 is 2.70 bits per heavy atom. The lowest BCUT2D eigenvalue weighted by Crippen LogP contribution is -2.31. The highest BCUT2D eigenvalue weighted by molar-refractivity contribution is 7.20. The second-order valence-electron chi connectivity index (χ2n) is 5.98. The molecule has 3 aromatic rings. The molecule has 5 nitrogen and oxygen atoms in total. The Labute approximate surface area is 162 Å². The van der Waals surface area contributed by atoms with E-state index >= 15 is 0 Å². The number of anilines is 1. The van der Waals surface area contributed by atoms with Gasteiger partial charge in [0.25, 0.3) is 0 Å². The maximum Gasteiger partial charge on any atom is 0.416 e. The number of thiophene rings is 1. The number of aryl methyl sites for hydroxylation is 1. The van der Waals surface area contributed by atoms with Gasteiger partial charge in [-0.15, -0.1) is 16.4 Å². The van der Waals surface area contributed by atoms with E-state index in [1.165, 1.54) is 23.5 Å². The second-order valence-corrected chi connectivity index (χ2v) is 7.63. The molecule has 0 saturated heterocycles. The number of hydrogen-bond acceptors (Lipinski definition) is 5.